The molecule has 0 saturated carbocycles. The Balaban J connectivity index is 4.17. The third-order valence-electron chi connectivity index (χ3n) is 0.698. The van der Waals surface area contributed by atoms with Crippen LogP contribution in [0.25, 0.3) is 0 Å². The molecule has 0 radical (unpaired) electrons. The minimum absolute atomic E-state index is 0.372. The van der Waals surface area contributed by atoms with Crippen LogP contribution in [-0.2, 0) is 9.73 Å². The van der Waals surface area contributed by atoms with Gasteiger partial charge in [0.05, 0.1) is 9.73 Å². The number of hydrogen-bond acceptors (Lipinski definition) is 2. The van der Waals surface area contributed by atoms with Gasteiger partial charge in [-0.25, -0.2) is 8.99 Å². The molecular formula is C4H9NOS. The standard InChI is InChI=1S/C4H9NOS/c1-3-7(5,6)4-2/h3,5H,1,4H2,2H3. The molecule has 7 heavy (non-hydrogen) atoms. The van der Waals surface area contributed by atoms with Crippen LogP contribution in [0.3, 0.4) is 0 Å². The van der Waals surface area contributed by atoms with E-state index in [1.165, 1.54) is 5.41 Å². The third-order valence-corrected chi connectivity index (χ3v) is 2.09. The summed E-state index contributed by atoms with van der Waals surface area (Å²) in [5, 5.41) is 1.19. The monoisotopic (exact) mass is 119 g/mol. The lowest BCUT2D eigenvalue weighted by Crippen LogP contribution is -1.92. The zero-order valence-corrected chi connectivity index (χ0v) is 5.12. The molecule has 2 nitrogen and oxygen atoms in total. The summed E-state index contributed by atoms with van der Waals surface area (Å²) in [6, 6.07) is 0. The largest absolute Gasteiger partial charge is 0.249 e. The van der Waals surface area contributed by atoms with Crippen molar-refractivity contribution in [1.82, 2.24) is 0 Å². The van der Waals surface area contributed by atoms with Gasteiger partial charge in [0.1, 0.15) is 0 Å². The Morgan fingerprint density at radius 2 is 2.43 bits per heavy atom. The quantitative estimate of drug-likeness (QED) is 0.583. The van der Waals surface area contributed by atoms with Crippen molar-refractivity contribution in [3.05, 3.63) is 12.0 Å². The van der Waals surface area contributed by atoms with Gasteiger partial charge in [0.2, 0.25) is 0 Å². The average Bonchev–Trinajstić information content (AvgIpc) is 1.68. The smallest absolute Gasteiger partial charge is 0.0648 e. The normalized spacial score (nSPS) is 17.9. The van der Waals surface area contributed by atoms with Gasteiger partial charge in [-0.2, -0.15) is 0 Å². The first-order chi connectivity index (χ1) is 3.12. The fraction of sp³-hybridized carbons (Fsp3) is 0.500. The van der Waals surface area contributed by atoms with Crippen molar-refractivity contribution in [1.29, 1.82) is 4.78 Å². The molecule has 0 aromatic carbocycles. The zero-order chi connectivity index (χ0) is 5.91. The summed E-state index contributed by atoms with van der Waals surface area (Å²) in [6.07, 6.45) is 0. The van der Waals surface area contributed by atoms with Crippen LogP contribution in [0.5, 0.6) is 0 Å². The Bertz CT molecular complexity index is 145. The van der Waals surface area contributed by atoms with Crippen molar-refractivity contribution < 1.29 is 4.21 Å². The number of nitrogens with one attached hydrogen (secondary N) is 1. The first kappa shape index (κ1) is 6.69. The van der Waals surface area contributed by atoms with E-state index in [0.717, 1.165) is 0 Å². The van der Waals surface area contributed by atoms with E-state index in [1.54, 1.807) is 6.92 Å². The van der Waals surface area contributed by atoms with Crippen LogP contribution in [0.15, 0.2) is 12.0 Å². The lowest BCUT2D eigenvalue weighted by molar-refractivity contribution is 0.681. The van der Waals surface area contributed by atoms with Gasteiger partial charge in [0, 0.05) is 11.2 Å². The first-order valence-electron chi connectivity index (χ1n) is 2.01. The van der Waals surface area contributed by atoms with Gasteiger partial charge in [0.15, 0.2) is 0 Å². The highest BCUT2D eigenvalue weighted by Crippen LogP contribution is 1.88. The average molecular weight is 119 g/mol. The van der Waals surface area contributed by atoms with Crippen molar-refractivity contribution in [3.8, 4) is 0 Å². The van der Waals surface area contributed by atoms with Crippen LogP contribution >= 0.6 is 0 Å². The van der Waals surface area contributed by atoms with Crippen LogP contribution in [0.2, 0.25) is 0 Å². The Morgan fingerprint density at radius 1 is 2.00 bits per heavy atom. The molecule has 42 valence electrons. The maximum atomic E-state index is 10.5. The molecule has 0 aliphatic heterocycles. The van der Waals surface area contributed by atoms with E-state index >= 15 is 0 Å². The molecule has 0 fully saturated rings. The number of rotatable bonds is 2. The van der Waals surface area contributed by atoms with Crippen LogP contribution in [0.4, 0.5) is 0 Å². The first-order valence-corrected chi connectivity index (χ1v) is 3.80. The summed E-state index contributed by atoms with van der Waals surface area (Å²) >= 11 is 0. The molecule has 0 amide bonds. The predicted octanol–water partition coefficient (Wildman–Crippen LogP) is 1.20. The molecule has 0 saturated heterocycles. The predicted molar refractivity (Wildman–Crippen MR) is 31.6 cm³/mol. The summed E-state index contributed by atoms with van der Waals surface area (Å²) in [5.41, 5.74) is 0. The second kappa shape index (κ2) is 2.12. The van der Waals surface area contributed by atoms with Gasteiger partial charge in [-0.3, -0.25) is 0 Å². The fourth-order valence-corrected chi connectivity index (χ4v) is 0.354. The van der Waals surface area contributed by atoms with E-state index < -0.39 is 9.73 Å². The van der Waals surface area contributed by atoms with Crippen molar-refractivity contribution in [2.24, 2.45) is 0 Å². The molecule has 1 unspecified atom stereocenters. The SMILES string of the molecule is C=CS(=N)(=O)CC. The highest BCUT2D eigenvalue weighted by Gasteiger charge is 1.89. The van der Waals surface area contributed by atoms with Crippen LogP contribution in [-0.4, -0.2) is 9.96 Å². The minimum Gasteiger partial charge on any atom is -0.249 e. The van der Waals surface area contributed by atoms with E-state index in [0.29, 0.717) is 5.75 Å². The second-order valence-corrected chi connectivity index (χ2v) is 3.54. The summed E-state index contributed by atoms with van der Waals surface area (Å²) < 4.78 is 17.3. The van der Waals surface area contributed by atoms with E-state index in [9.17, 15) is 4.21 Å². The van der Waals surface area contributed by atoms with Crippen LogP contribution in [0, 0.1) is 4.78 Å². The molecule has 0 rings (SSSR count). The van der Waals surface area contributed by atoms with Gasteiger partial charge >= 0.3 is 0 Å². The summed E-state index contributed by atoms with van der Waals surface area (Å²) in [5.74, 6) is 0.372. The van der Waals surface area contributed by atoms with Gasteiger partial charge in [0.25, 0.3) is 0 Å². The maximum Gasteiger partial charge on any atom is 0.0648 e. The molecule has 0 bridgehead atoms. The summed E-state index contributed by atoms with van der Waals surface area (Å²) in [6.45, 7) is 4.95. The molecule has 1 atom stereocenters. The van der Waals surface area contributed by atoms with Gasteiger partial charge < -0.3 is 0 Å². The Hall–Kier alpha value is -0.310. The Kier molecular flexibility index (Phi) is 2.02. The zero-order valence-electron chi connectivity index (χ0n) is 4.31. The summed E-state index contributed by atoms with van der Waals surface area (Å²) in [7, 11) is -2.39. The Labute approximate surface area is 44.2 Å². The van der Waals surface area contributed by atoms with Gasteiger partial charge in [-0.05, 0) is 0 Å². The second-order valence-electron chi connectivity index (χ2n) is 1.18. The lowest BCUT2D eigenvalue weighted by atomic mass is 11.0. The summed E-state index contributed by atoms with van der Waals surface area (Å²) in [4.78, 5) is 0. The molecule has 0 aromatic heterocycles. The van der Waals surface area contributed by atoms with Crippen LogP contribution < -0.4 is 0 Å². The molecule has 0 spiro atoms. The molecule has 3 heteroatoms. The van der Waals surface area contributed by atoms with E-state index in [-0.39, 0.29) is 0 Å². The molecule has 0 aliphatic rings. The molecule has 0 aromatic rings. The van der Waals surface area contributed by atoms with E-state index in [4.69, 9.17) is 4.78 Å². The number of hydrogen-bond donors (Lipinski definition) is 1. The molecule has 1 N–H and O–H groups in total. The van der Waals surface area contributed by atoms with E-state index in [1.807, 2.05) is 0 Å². The topological polar surface area (TPSA) is 40.9 Å². The van der Waals surface area contributed by atoms with Crippen molar-refractivity contribution in [3.63, 3.8) is 0 Å². The highest BCUT2D eigenvalue weighted by molar-refractivity contribution is 7.95. The maximum absolute atomic E-state index is 10.5. The molecular weight excluding hydrogens is 110 g/mol. The highest BCUT2D eigenvalue weighted by atomic mass is 32.2. The van der Waals surface area contributed by atoms with Crippen molar-refractivity contribution in [2.45, 2.75) is 6.92 Å². The van der Waals surface area contributed by atoms with Gasteiger partial charge in [-0.15, -0.1) is 0 Å². The van der Waals surface area contributed by atoms with Gasteiger partial charge in [-0.1, -0.05) is 13.5 Å². The molecule has 0 heterocycles. The van der Waals surface area contributed by atoms with Crippen molar-refractivity contribution in [2.75, 3.05) is 5.75 Å². The van der Waals surface area contributed by atoms with Crippen molar-refractivity contribution >= 4 is 9.73 Å². The third kappa shape index (κ3) is 2.39. The van der Waals surface area contributed by atoms with E-state index in [2.05, 4.69) is 6.58 Å². The molecule has 0 aliphatic carbocycles. The minimum atomic E-state index is -2.39. The lowest BCUT2D eigenvalue weighted by Gasteiger charge is -1.89. The van der Waals surface area contributed by atoms with Crippen LogP contribution in [0.1, 0.15) is 6.92 Å². The Morgan fingerprint density at radius 3 is 2.43 bits per heavy atom. The fourth-order valence-electron chi connectivity index (χ4n) is 0.118.